The molecule has 1 aromatic rings. The zero-order chi connectivity index (χ0) is 10.8. The summed E-state index contributed by atoms with van der Waals surface area (Å²) in [6, 6.07) is 3.49. The smallest absolute Gasteiger partial charge is 0.287 e. The summed E-state index contributed by atoms with van der Waals surface area (Å²) in [5, 5.41) is 2.85. The molecule has 1 heterocycles. The van der Waals surface area contributed by atoms with Gasteiger partial charge in [0.2, 0.25) is 0 Å². The summed E-state index contributed by atoms with van der Waals surface area (Å²) in [5.41, 5.74) is 0. The van der Waals surface area contributed by atoms with E-state index in [-0.39, 0.29) is 5.91 Å². The number of halogens is 1. The van der Waals surface area contributed by atoms with Crippen molar-refractivity contribution in [2.24, 2.45) is 5.92 Å². The van der Waals surface area contributed by atoms with Gasteiger partial charge in [0.25, 0.3) is 5.91 Å². The van der Waals surface area contributed by atoms with Gasteiger partial charge in [0.1, 0.15) is 5.76 Å². The Hall–Kier alpha value is -0.770. The van der Waals surface area contributed by atoms with Crippen LogP contribution < -0.4 is 5.32 Å². The first-order valence-corrected chi connectivity index (χ1v) is 6.07. The molecule has 1 atom stereocenters. The van der Waals surface area contributed by atoms with Crippen LogP contribution in [0.2, 0.25) is 0 Å². The molecule has 82 valence electrons. The van der Waals surface area contributed by atoms with Crippen molar-refractivity contribution in [1.82, 2.24) is 5.32 Å². The summed E-state index contributed by atoms with van der Waals surface area (Å²) in [6.07, 6.45) is 2.54. The first-order chi connectivity index (χ1) is 7.16. The molecular formula is C11H14BrNO2. The van der Waals surface area contributed by atoms with Crippen LogP contribution in [0.5, 0.6) is 0 Å². The molecule has 1 saturated carbocycles. The number of furan rings is 1. The van der Waals surface area contributed by atoms with Gasteiger partial charge in [-0.15, -0.1) is 0 Å². The number of rotatable bonds is 4. The van der Waals surface area contributed by atoms with Crippen molar-refractivity contribution in [3.63, 3.8) is 0 Å². The second-order valence-electron chi connectivity index (χ2n) is 3.97. The zero-order valence-corrected chi connectivity index (χ0v) is 10.2. The first-order valence-electron chi connectivity index (χ1n) is 5.15. The highest BCUT2D eigenvalue weighted by atomic mass is 79.9. The molecule has 1 aliphatic rings. The quantitative estimate of drug-likeness (QED) is 0.856. The summed E-state index contributed by atoms with van der Waals surface area (Å²) in [7, 11) is 0. The normalized spacial score (nSPS) is 17.5. The lowest BCUT2D eigenvalue weighted by molar-refractivity contribution is 0.0924. The Morgan fingerprint density at radius 3 is 2.93 bits per heavy atom. The Bertz CT molecular complexity index is 357. The lowest BCUT2D eigenvalue weighted by atomic mass is 10.3. The monoisotopic (exact) mass is 271 g/mol. The zero-order valence-electron chi connectivity index (χ0n) is 8.63. The number of nitrogens with one attached hydrogen (secondary N) is 1. The highest BCUT2D eigenvalue weighted by Crippen LogP contribution is 2.36. The molecule has 2 rings (SSSR count). The first kappa shape index (κ1) is 10.7. The molecule has 15 heavy (non-hydrogen) atoms. The van der Waals surface area contributed by atoms with Crippen LogP contribution in [0, 0.1) is 12.8 Å². The minimum atomic E-state index is -0.131. The predicted molar refractivity (Wildman–Crippen MR) is 61.2 cm³/mol. The predicted octanol–water partition coefficient (Wildman–Crippen LogP) is 2.49. The fourth-order valence-electron chi connectivity index (χ4n) is 1.46. The van der Waals surface area contributed by atoms with Crippen LogP contribution in [0.4, 0.5) is 0 Å². The van der Waals surface area contributed by atoms with Crippen LogP contribution in [0.25, 0.3) is 0 Å². The number of hydrogen-bond donors (Lipinski definition) is 1. The van der Waals surface area contributed by atoms with Gasteiger partial charge in [-0.05, 0) is 37.8 Å². The van der Waals surface area contributed by atoms with Gasteiger partial charge in [-0.1, -0.05) is 15.9 Å². The van der Waals surface area contributed by atoms with Crippen molar-refractivity contribution in [3.05, 3.63) is 23.7 Å². The molecule has 0 saturated heterocycles. The second kappa shape index (κ2) is 4.39. The van der Waals surface area contributed by atoms with E-state index in [1.807, 2.05) is 6.92 Å². The number of aryl methyl sites for hydroxylation is 1. The number of carbonyl (C=O) groups excluding carboxylic acids is 1. The Morgan fingerprint density at radius 2 is 2.40 bits per heavy atom. The van der Waals surface area contributed by atoms with Crippen LogP contribution in [-0.4, -0.2) is 17.3 Å². The Labute approximate surface area is 97.4 Å². The molecule has 0 spiro atoms. The fraction of sp³-hybridized carbons (Fsp3) is 0.545. The minimum Gasteiger partial charge on any atom is -0.456 e. The topological polar surface area (TPSA) is 42.2 Å². The third kappa shape index (κ3) is 2.84. The van der Waals surface area contributed by atoms with Gasteiger partial charge in [0.05, 0.1) is 0 Å². The molecule has 0 bridgehead atoms. The van der Waals surface area contributed by atoms with Crippen LogP contribution in [0.1, 0.15) is 29.2 Å². The molecule has 1 fully saturated rings. The molecule has 0 aliphatic heterocycles. The van der Waals surface area contributed by atoms with E-state index in [0.29, 0.717) is 17.1 Å². The van der Waals surface area contributed by atoms with Crippen molar-refractivity contribution in [3.8, 4) is 0 Å². The minimum absolute atomic E-state index is 0.131. The summed E-state index contributed by atoms with van der Waals surface area (Å²) < 4.78 is 5.23. The molecular weight excluding hydrogens is 258 g/mol. The number of alkyl halides is 1. The summed E-state index contributed by atoms with van der Waals surface area (Å²) in [6.45, 7) is 2.50. The largest absolute Gasteiger partial charge is 0.456 e. The van der Waals surface area contributed by atoms with E-state index in [1.54, 1.807) is 12.1 Å². The van der Waals surface area contributed by atoms with Gasteiger partial charge in [-0.25, -0.2) is 0 Å². The molecule has 4 heteroatoms. The maximum Gasteiger partial charge on any atom is 0.287 e. The molecule has 1 N–H and O–H groups in total. The van der Waals surface area contributed by atoms with Gasteiger partial charge in [0.15, 0.2) is 5.76 Å². The average Bonchev–Trinajstić information content (AvgIpc) is 2.97. The Kier molecular flexibility index (Phi) is 3.14. The average molecular weight is 272 g/mol. The SMILES string of the molecule is Cc1ccc(C(=O)NCC(Br)C2CC2)o1. The van der Waals surface area contributed by atoms with Gasteiger partial charge in [-0.2, -0.15) is 0 Å². The van der Waals surface area contributed by atoms with Gasteiger partial charge < -0.3 is 9.73 Å². The third-order valence-electron chi connectivity index (χ3n) is 2.56. The van der Waals surface area contributed by atoms with Crippen molar-refractivity contribution in [2.75, 3.05) is 6.54 Å². The van der Waals surface area contributed by atoms with Crippen molar-refractivity contribution in [1.29, 1.82) is 0 Å². The standard InChI is InChI=1S/C11H14BrNO2/c1-7-2-5-10(15-7)11(14)13-6-9(12)8-3-4-8/h2,5,8-9H,3-4,6H2,1H3,(H,13,14). The van der Waals surface area contributed by atoms with E-state index < -0.39 is 0 Å². The molecule has 0 radical (unpaired) electrons. The van der Waals surface area contributed by atoms with E-state index in [0.717, 1.165) is 11.7 Å². The van der Waals surface area contributed by atoms with Crippen molar-refractivity contribution < 1.29 is 9.21 Å². The highest BCUT2D eigenvalue weighted by Gasteiger charge is 2.29. The van der Waals surface area contributed by atoms with Gasteiger partial charge in [0, 0.05) is 11.4 Å². The fourth-order valence-corrected chi connectivity index (χ4v) is 2.15. The maximum absolute atomic E-state index is 11.6. The molecule has 0 aromatic carbocycles. The summed E-state index contributed by atoms with van der Waals surface area (Å²) in [5.74, 6) is 1.76. The van der Waals surface area contributed by atoms with Crippen LogP contribution >= 0.6 is 15.9 Å². The third-order valence-corrected chi connectivity index (χ3v) is 3.63. The molecule has 1 aliphatic carbocycles. The van der Waals surface area contributed by atoms with E-state index in [4.69, 9.17) is 4.42 Å². The van der Waals surface area contributed by atoms with Crippen LogP contribution in [0.15, 0.2) is 16.5 Å². The lowest BCUT2D eigenvalue weighted by Crippen LogP contribution is -2.30. The molecule has 3 nitrogen and oxygen atoms in total. The summed E-state index contributed by atoms with van der Waals surface area (Å²) in [4.78, 5) is 12.0. The van der Waals surface area contributed by atoms with Gasteiger partial charge >= 0.3 is 0 Å². The van der Waals surface area contributed by atoms with Crippen LogP contribution in [0.3, 0.4) is 0 Å². The Morgan fingerprint density at radius 1 is 1.67 bits per heavy atom. The van der Waals surface area contributed by atoms with Crippen molar-refractivity contribution in [2.45, 2.75) is 24.6 Å². The van der Waals surface area contributed by atoms with Crippen molar-refractivity contribution >= 4 is 21.8 Å². The van der Waals surface area contributed by atoms with Gasteiger partial charge in [-0.3, -0.25) is 4.79 Å². The second-order valence-corrected chi connectivity index (χ2v) is 5.15. The number of amides is 1. The number of hydrogen-bond acceptors (Lipinski definition) is 2. The maximum atomic E-state index is 11.6. The highest BCUT2D eigenvalue weighted by molar-refractivity contribution is 9.09. The van der Waals surface area contributed by atoms with E-state index in [2.05, 4.69) is 21.2 Å². The van der Waals surface area contributed by atoms with E-state index >= 15 is 0 Å². The number of carbonyl (C=O) groups is 1. The van der Waals surface area contributed by atoms with Crippen LogP contribution in [-0.2, 0) is 0 Å². The van der Waals surface area contributed by atoms with E-state index in [9.17, 15) is 4.79 Å². The molecule has 1 unspecified atom stereocenters. The lowest BCUT2D eigenvalue weighted by Gasteiger charge is -2.08. The summed E-state index contributed by atoms with van der Waals surface area (Å²) >= 11 is 3.57. The van der Waals surface area contributed by atoms with E-state index in [1.165, 1.54) is 12.8 Å². The Balaban J connectivity index is 1.81. The molecule has 1 aromatic heterocycles. The molecule has 1 amide bonds.